The van der Waals surface area contributed by atoms with Gasteiger partial charge in [-0.2, -0.15) is 0 Å². The van der Waals surface area contributed by atoms with E-state index in [1.807, 2.05) is 0 Å². The van der Waals surface area contributed by atoms with E-state index in [-0.39, 0.29) is 18.0 Å². The molecule has 21 heavy (non-hydrogen) atoms. The second-order valence-corrected chi connectivity index (χ2v) is 6.91. The number of nitrogens with one attached hydrogen (secondary N) is 2. The van der Waals surface area contributed by atoms with Gasteiger partial charge >= 0.3 is 5.97 Å². The number of anilines is 1. The van der Waals surface area contributed by atoms with Crippen LogP contribution in [-0.4, -0.2) is 48.3 Å². The number of rotatable bonds is 8. The fourth-order valence-electron chi connectivity index (χ4n) is 1.86. The summed E-state index contributed by atoms with van der Waals surface area (Å²) in [5.74, 6) is -0.407. The van der Waals surface area contributed by atoms with Crippen molar-refractivity contribution in [2.24, 2.45) is 5.92 Å². The number of hydrogen-bond acceptors (Lipinski definition) is 6. The second kappa shape index (κ2) is 6.81. The van der Waals surface area contributed by atoms with Gasteiger partial charge in [0.05, 0.1) is 18.1 Å². The molecule has 1 heterocycles. The summed E-state index contributed by atoms with van der Waals surface area (Å²) in [4.78, 5) is 18.1. The van der Waals surface area contributed by atoms with Crippen LogP contribution >= 0.6 is 0 Å². The zero-order valence-electron chi connectivity index (χ0n) is 11.4. The lowest BCUT2D eigenvalue weighted by molar-refractivity contribution is 0.0690. The van der Waals surface area contributed by atoms with Crippen LogP contribution in [0.15, 0.2) is 12.4 Å². The van der Waals surface area contributed by atoms with Gasteiger partial charge in [-0.25, -0.2) is 27.9 Å². The number of carboxylic acid groups (broad SMARTS) is 1. The topological polar surface area (TPSA) is 121 Å². The molecule has 2 rings (SSSR count). The summed E-state index contributed by atoms with van der Waals surface area (Å²) in [5, 5.41) is 11.5. The van der Waals surface area contributed by atoms with Crippen LogP contribution in [0.25, 0.3) is 0 Å². The lowest BCUT2D eigenvalue weighted by Crippen LogP contribution is -2.35. The molecule has 1 saturated carbocycles. The predicted octanol–water partition coefficient (Wildman–Crippen LogP) is 0.306. The van der Waals surface area contributed by atoms with E-state index in [0.29, 0.717) is 18.3 Å². The molecule has 3 N–H and O–H groups in total. The number of sulfonamides is 1. The minimum atomic E-state index is -3.30. The third-order valence-corrected chi connectivity index (χ3v) is 4.71. The lowest BCUT2D eigenvalue weighted by Gasteiger charge is -2.25. The Hall–Kier alpha value is -1.74. The largest absolute Gasteiger partial charge is 0.476 e. The zero-order valence-corrected chi connectivity index (χ0v) is 12.3. The van der Waals surface area contributed by atoms with Gasteiger partial charge < -0.3 is 10.4 Å². The Balaban J connectivity index is 1.73. The maximum Gasteiger partial charge on any atom is 0.356 e. The number of aromatic carboxylic acids is 1. The average Bonchev–Trinajstić information content (AvgIpc) is 2.37. The molecule has 0 aromatic carbocycles. The number of carboxylic acids is 1. The van der Waals surface area contributed by atoms with Crippen LogP contribution in [0, 0.1) is 5.92 Å². The van der Waals surface area contributed by atoms with E-state index in [9.17, 15) is 13.2 Å². The monoisotopic (exact) mass is 314 g/mol. The van der Waals surface area contributed by atoms with E-state index < -0.39 is 16.0 Å². The summed E-state index contributed by atoms with van der Waals surface area (Å²) in [6.07, 6.45) is 5.74. The van der Waals surface area contributed by atoms with Gasteiger partial charge in [0.25, 0.3) is 0 Å². The molecule has 1 aliphatic rings. The highest BCUT2D eigenvalue weighted by molar-refractivity contribution is 7.89. The molecule has 1 aromatic rings. The third kappa shape index (κ3) is 4.94. The van der Waals surface area contributed by atoms with E-state index in [0.717, 1.165) is 19.0 Å². The van der Waals surface area contributed by atoms with E-state index >= 15 is 0 Å². The standard InChI is InChI=1S/C12H18N4O4S/c17-12(18)10-7-15-11(8-14-10)13-4-5-21(19,20)16-6-9-2-1-3-9/h7-9,16H,1-6H2,(H,13,15)(H,17,18). The number of aromatic nitrogens is 2. The summed E-state index contributed by atoms with van der Waals surface area (Å²) < 4.78 is 26.1. The molecule has 1 fully saturated rings. The Kier molecular flexibility index (Phi) is 5.07. The Morgan fingerprint density at radius 1 is 1.33 bits per heavy atom. The van der Waals surface area contributed by atoms with E-state index in [1.54, 1.807) is 0 Å². The van der Waals surface area contributed by atoms with Crippen LogP contribution in [-0.2, 0) is 10.0 Å². The van der Waals surface area contributed by atoms with Gasteiger partial charge in [0, 0.05) is 13.1 Å². The number of nitrogens with zero attached hydrogens (tertiary/aromatic N) is 2. The van der Waals surface area contributed by atoms with Crippen LogP contribution < -0.4 is 10.0 Å². The Morgan fingerprint density at radius 2 is 2.10 bits per heavy atom. The van der Waals surface area contributed by atoms with Crippen molar-refractivity contribution in [3.05, 3.63) is 18.1 Å². The van der Waals surface area contributed by atoms with Crippen LogP contribution in [0.5, 0.6) is 0 Å². The molecule has 8 nitrogen and oxygen atoms in total. The molecule has 0 amide bonds. The van der Waals surface area contributed by atoms with Crippen molar-refractivity contribution in [2.45, 2.75) is 19.3 Å². The molecular weight excluding hydrogens is 296 g/mol. The van der Waals surface area contributed by atoms with Crippen molar-refractivity contribution in [3.63, 3.8) is 0 Å². The Morgan fingerprint density at radius 3 is 2.62 bits per heavy atom. The highest BCUT2D eigenvalue weighted by Crippen LogP contribution is 2.25. The van der Waals surface area contributed by atoms with Crippen molar-refractivity contribution < 1.29 is 18.3 Å². The van der Waals surface area contributed by atoms with Gasteiger partial charge in [-0.1, -0.05) is 6.42 Å². The molecule has 0 atom stereocenters. The van der Waals surface area contributed by atoms with Crippen molar-refractivity contribution >= 4 is 21.8 Å². The first-order chi connectivity index (χ1) is 9.96. The summed E-state index contributed by atoms with van der Waals surface area (Å²) >= 11 is 0. The molecule has 1 aromatic heterocycles. The first kappa shape index (κ1) is 15.6. The Bertz CT molecular complexity index is 584. The van der Waals surface area contributed by atoms with Crippen LogP contribution in [0.1, 0.15) is 29.8 Å². The van der Waals surface area contributed by atoms with Crippen LogP contribution in [0.3, 0.4) is 0 Å². The molecule has 0 saturated heterocycles. The van der Waals surface area contributed by atoms with Gasteiger partial charge in [-0.05, 0) is 18.8 Å². The summed E-state index contributed by atoms with van der Waals surface area (Å²) in [7, 11) is -3.30. The maximum absolute atomic E-state index is 11.7. The summed E-state index contributed by atoms with van der Waals surface area (Å²) in [5.41, 5.74) is -0.157. The fraction of sp³-hybridized carbons (Fsp3) is 0.583. The van der Waals surface area contributed by atoms with Gasteiger partial charge in [-0.15, -0.1) is 0 Å². The second-order valence-electron chi connectivity index (χ2n) is 4.98. The third-order valence-electron chi connectivity index (χ3n) is 3.36. The molecule has 0 aliphatic heterocycles. The number of hydrogen-bond donors (Lipinski definition) is 3. The number of carbonyl (C=O) groups is 1. The molecule has 0 radical (unpaired) electrons. The highest BCUT2D eigenvalue weighted by Gasteiger charge is 2.19. The molecule has 0 spiro atoms. The average molecular weight is 314 g/mol. The summed E-state index contributed by atoms with van der Waals surface area (Å²) in [6.45, 7) is 0.691. The summed E-state index contributed by atoms with van der Waals surface area (Å²) in [6, 6.07) is 0. The minimum absolute atomic E-state index is 0.0674. The molecular formula is C12H18N4O4S. The lowest BCUT2D eigenvalue weighted by atomic mass is 9.86. The van der Waals surface area contributed by atoms with Crippen molar-refractivity contribution in [3.8, 4) is 0 Å². The van der Waals surface area contributed by atoms with E-state index in [1.165, 1.54) is 12.6 Å². The minimum Gasteiger partial charge on any atom is -0.476 e. The van der Waals surface area contributed by atoms with Gasteiger partial charge in [0.1, 0.15) is 5.82 Å². The maximum atomic E-state index is 11.7. The van der Waals surface area contributed by atoms with E-state index in [2.05, 4.69) is 20.0 Å². The first-order valence-corrected chi connectivity index (χ1v) is 8.38. The SMILES string of the molecule is O=C(O)c1cnc(NCCS(=O)(=O)NCC2CCC2)cn1. The molecule has 0 unspecified atom stereocenters. The quantitative estimate of drug-likeness (QED) is 0.631. The van der Waals surface area contributed by atoms with Crippen molar-refractivity contribution in [2.75, 3.05) is 24.2 Å². The van der Waals surface area contributed by atoms with E-state index in [4.69, 9.17) is 5.11 Å². The van der Waals surface area contributed by atoms with Crippen molar-refractivity contribution in [1.82, 2.24) is 14.7 Å². The predicted molar refractivity (Wildman–Crippen MR) is 76.6 cm³/mol. The highest BCUT2D eigenvalue weighted by atomic mass is 32.2. The van der Waals surface area contributed by atoms with Gasteiger partial charge in [-0.3, -0.25) is 0 Å². The molecule has 9 heteroatoms. The molecule has 116 valence electrons. The first-order valence-electron chi connectivity index (χ1n) is 6.73. The van der Waals surface area contributed by atoms with Crippen molar-refractivity contribution in [1.29, 1.82) is 0 Å². The molecule has 0 bridgehead atoms. The smallest absolute Gasteiger partial charge is 0.356 e. The van der Waals surface area contributed by atoms with Crippen LogP contribution in [0.2, 0.25) is 0 Å². The normalized spacial score (nSPS) is 15.4. The van der Waals surface area contributed by atoms with Crippen LogP contribution in [0.4, 0.5) is 5.82 Å². The zero-order chi connectivity index (χ0) is 15.3. The Labute approximate surface area is 123 Å². The fourth-order valence-corrected chi connectivity index (χ4v) is 2.86. The van der Waals surface area contributed by atoms with Gasteiger partial charge in [0.2, 0.25) is 10.0 Å². The molecule has 1 aliphatic carbocycles. The van der Waals surface area contributed by atoms with Gasteiger partial charge in [0.15, 0.2) is 5.69 Å².